The van der Waals surface area contributed by atoms with Gasteiger partial charge in [0.05, 0.1) is 11.0 Å². The highest BCUT2D eigenvalue weighted by Gasteiger charge is 2.30. The van der Waals surface area contributed by atoms with E-state index >= 15 is 0 Å². The first-order chi connectivity index (χ1) is 10.1. The molecule has 0 bridgehead atoms. The maximum absolute atomic E-state index is 5.91. The first kappa shape index (κ1) is 12.5. The van der Waals surface area contributed by atoms with Gasteiger partial charge in [-0.3, -0.25) is 4.57 Å². The zero-order chi connectivity index (χ0) is 14.6. The molecule has 106 valence electrons. The largest absolute Gasteiger partial charge is 0.399 e. The van der Waals surface area contributed by atoms with E-state index in [1.54, 1.807) is 0 Å². The second kappa shape index (κ2) is 4.35. The maximum Gasteiger partial charge on any atom is 0.117 e. The Hall–Kier alpha value is -2.29. The summed E-state index contributed by atoms with van der Waals surface area (Å²) in [5.41, 5.74) is 12.7. The number of imidazole rings is 1. The zero-order valence-corrected chi connectivity index (χ0v) is 12.4. The van der Waals surface area contributed by atoms with E-state index in [-0.39, 0.29) is 0 Å². The van der Waals surface area contributed by atoms with Gasteiger partial charge in [0.1, 0.15) is 5.82 Å². The number of anilines is 1. The van der Waals surface area contributed by atoms with Gasteiger partial charge >= 0.3 is 0 Å². The van der Waals surface area contributed by atoms with Crippen LogP contribution in [0.4, 0.5) is 5.69 Å². The standard InChI is InChI=1S/C18H19N3/c1-11-3-7-15(9-12(11)2)21-17-8-6-14(19)10-16(17)20-18(21)13-4-5-13/h3,6-10,13H,4-5,19H2,1-2H3. The molecule has 1 aliphatic carbocycles. The average Bonchev–Trinajstić information content (AvgIpc) is 3.23. The minimum Gasteiger partial charge on any atom is -0.399 e. The minimum atomic E-state index is 0.597. The molecule has 0 saturated heterocycles. The third-order valence-corrected chi connectivity index (χ3v) is 4.40. The number of nitrogens with zero attached hydrogens (tertiary/aromatic N) is 2. The first-order valence-electron chi connectivity index (χ1n) is 7.49. The first-order valence-corrected chi connectivity index (χ1v) is 7.49. The van der Waals surface area contributed by atoms with Crippen LogP contribution in [0.5, 0.6) is 0 Å². The van der Waals surface area contributed by atoms with E-state index in [2.05, 4.69) is 42.7 Å². The van der Waals surface area contributed by atoms with Gasteiger partial charge in [-0.15, -0.1) is 0 Å². The monoisotopic (exact) mass is 277 g/mol. The lowest BCUT2D eigenvalue weighted by Gasteiger charge is -2.11. The van der Waals surface area contributed by atoms with Gasteiger partial charge in [0.25, 0.3) is 0 Å². The summed E-state index contributed by atoms with van der Waals surface area (Å²) in [6.45, 7) is 4.31. The van der Waals surface area contributed by atoms with Crippen molar-refractivity contribution in [1.29, 1.82) is 0 Å². The third kappa shape index (κ3) is 2.00. The molecule has 4 rings (SSSR count). The number of hydrogen-bond acceptors (Lipinski definition) is 2. The van der Waals surface area contributed by atoms with Gasteiger partial charge in [0, 0.05) is 17.3 Å². The summed E-state index contributed by atoms with van der Waals surface area (Å²) in [7, 11) is 0. The van der Waals surface area contributed by atoms with Gasteiger partial charge in [-0.25, -0.2) is 4.98 Å². The van der Waals surface area contributed by atoms with Crippen molar-refractivity contribution in [2.24, 2.45) is 0 Å². The molecule has 1 heterocycles. The van der Waals surface area contributed by atoms with Crippen molar-refractivity contribution in [3.63, 3.8) is 0 Å². The van der Waals surface area contributed by atoms with Crippen molar-refractivity contribution < 1.29 is 0 Å². The van der Waals surface area contributed by atoms with Crippen LogP contribution in [0.3, 0.4) is 0 Å². The average molecular weight is 277 g/mol. The Balaban J connectivity index is 2.01. The van der Waals surface area contributed by atoms with Crippen molar-refractivity contribution in [2.45, 2.75) is 32.6 Å². The highest BCUT2D eigenvalue weighted by atomic mass is 15.1. The third-order valence-electron chi connectivity index (χ3n) is 4.40. The summed E-state index contributed by atoms with van der Waals surface area (Å²) in [6, 6.07) is 12.6. The molecule has 1 saturated carbocycles. The molecule has 0 aliphatic heterocycles. The van der Waals surface area contributed by atoms with Crippen LogP contribution in [0.25, 0.3) is 16.7 Å². The predicted octanol–water partition coefficient (Wildman–Crippen LogP) is 4.10. The lowest BCUT2D eigenvalue weighted by molar-refractivity contribution is 0.895. The summed E-state index contributed by atoms with van der Waals surface area (Å²) in [5.74, 6) is 1.78. The van der Waals surface area contributed by atoms with E-state index in [1.165, 1.54) is 35.5 Å². The van der Waals surface area contributed by atoms with Crippen molar-refractivity contribution >= 4 is 16.7 Å². The van der Waals surface area contributed by atoms with Crippen LogP contribution in [0.15, 0.2) is 36.4 Å². The van der Waals surface area contributed by atoms with E-state index in [1.807, 2.05) is 12.1 Å². The van der Waals surface area contributed by atoms with Gasteiger partial charge in [0.15, 0.2) is 0 Å². The van der Waals surface area contributed by atoms with Gasteiger partial charge < -0.3 is 5.73 Å². The molecule has 1 aliphatic rings. The summed E-state index contributed by atoms with van der Waals surface area (Å²) >= 11 is 0. The number of hydrogen-bond donors (Lipinski definition) is 1. The molecular formula is C18H19N3. The number of rotatable bonds is 2. The van der Waals surface area contributed by atoms with Gasteiger partial charge in [0.2, 0.25) is 0 Å². The topological polar surface area (TPSA) is 43.8 Å². The van der Waals surface area contributed by atoms with E-state index in [4.69, 9.17) is 10.7 Å². The van der Waals surface area contributed by atoms with E-state index in [9.17, 15) is 0 Å². The second-order valence-electron chi connectivity index (χ2n) is 6.10. The van der Waals surface area contributed by atoms with Crippen LogP contribution in [0, 0.1) is 13.8 Å². The molecule has 0 radical (unpaired) electrons. The van der Waals surface area contributed by atoms with Crippen LogP contribution in [0.1, 0.15) is 35.7 Å². The van der Waals surface area contributed by atoms with Crippen LogP contribution in [-0.4, -0.2) is 9.55 Å². The van der Waals surface area contributed by atoms with Crippen LogP contribution in [0.2, 0.25) is 0 Å². The number of aromatic nitrogens is 2. The number of nitrogens with two attached hydrogens (primary N) is 1. The number of fused-ring (bicyclic) bond motifs is 1. The Labute approximate surface area is 124 Å². The zero-order valence-electron chi connectivity index (χ0n) is 12.4. The molecule has 2 aromatic carbocycles. The number of aryl methyl sites for hydroxylation is 2. The van der Waals surface area contributed by atoms with E-state index < -0.39 is 0 Å². The minimum absolute atomic E-state index is 0.597. The molecule has 0 atom stereocenters. The SMILES string of the molecule is Cc1ccc(-n2c(C3CC3)nc3cc(N)ccc32)cc1C. The molecule has 3 heteroatoms. The quantitative estimate of drug-likeness (QED) is 0.717. The highest BCUT2D eigenvalue weighted by molar-refractivity contribution is 5.81. The summed E-state index contributed by atoms with van der Waals surface area (Å²) in [5, 5.41) is 0. The maximum atomic E-state index is 5.91. The van der Waals surface area contributed by atoms with Crippen LogP contribution in [-0.2, 0) is 0 Å². The van der Waals surface area contributed by atoms with Crippen molar-refractivity contribution in [3.05, 3.63) is 53.3 Å². The lowest BCUT2D eigenvalue weighted by atomic mass is 10.1. The molecule has 3 aromatic rings. The smallest absolute Gasteiger partial charge is 0.117 e. The predicted molar refractivity (Wildman–Crippen MR) is 86.9 cm³/mol. The Morgan fingerprint density at radius 2 is 1.86 bits per heavy atom. The Morgan fingerprint density at radius 1 is 1.05 bits per heavy atom. The fourth-order valence-electron chi connectivity index (χ4n) is 2.87. The number of benzene rings is 2. The van der Waals surface area contributed by atoms with Crippen molar-refractivity contribution in [1.82, 2.24) is 9.55 Å². The Kier molecular flexibility index (Phi) is 2.58. The molecule has 0 amide bonds. The molecule has 3 nitrogen and oxygen atoms in total. The fraction of sp³-hybridized carbons (Fsp3) is 0.278. The molecule has 0 unspecified atom stereocenters. The van der Waals surface area contributed by atoms with Crippen LogP contribution < -0.4 is 5.73 Å². The second-order valence-corrected chi connectivity index (χ2v) is 6.10. The fourth-order valence-corrected chi connectivity index (χ4v) is 2.87. The van der Waals surface area contributed by atoms with Gasteiger partial charge in [-0.2, -0.15) is 0 Å². The van der Waals surface area contributed by atoms with E-state index in [0.29, 0.717) is 5.92 Å². The van der Waals surface area contributed by atoms with Crippen LogP contribution >= 0.6 is 0 Å². The molecule has 1 fully saturated rings. The summed E-state index contributed by atoms with van der Waals surface area (Å²) in [6.07, 6.45) is 2.48. The summed E-state index contributed by atoms with van der Waals surface area (Å²) < 4.78 is 2.30. The Bertz CT molecular complexity index is 841. The highest BCUT2D eigenvalue weighted by Crippen LogP contribution is 2.42. The molecule has 2 N–H and O–H groups in total. The molecular weight excluding hydrogens is 258 g/mol. The van der Waals surface area contributed by atoms with Crippen molar-refractivity contribution in [3.8, 4) is 5.69 Å². The number of nitrogen functional groups attached to an aromatic ring is 1. The molecule has 21 heavy (non-hydrogen) atoms. The normalized spacial score (nSPS) is 14.8. The summed E-state index contributed by atoms with van der Waals surface area (Å²) in [4.78, 5) is 4.85. The molecule has 0 spiro atoms. The van der Waals surface area contributed by atoms with Crippen molar-refractivity contribution in [2.75, 3.05) is 5.73 Å². The Morgan fingerprint density at radius 3 is 2.57 bits per heavy atom. The molecule has 1 aromatic heterocycles. The van der Waals surface area contributed by atoms with Gasteiger partial charge in [-0.05, 0) is 68.1 Å². The van der Waals surface area contributed by atoms with E-state index in [0.717, 1.165) is 16.7 Å². The lowest BCUT2D eigenvalue weighted by Crippen LogP contribution is -2.00. The van der Waals surface area contributed by atoms with Gasteiger partial charge in [-0.1, -0.05) is 6.07 Å².